The first-order chi connectivity index (χ1) is 8.15. The average molecular weight is 231 g/mol. The molecule has 1 aliphatic carbocycles. The van der Waals surface area contributed by atoms with E-state index >= 15 is 0 Å². The second kappa shape index (κ2) is 3.86. The first-order valence-corrected chi connectivity index (χ1v) is 6.36. The Morgan fingerprint density at radius 3 is 2.88 bits per heavy atom. The van der Waals surface area contributed by atoms with E-state index in [1.165, 1.54) is 25.0 Å². The third-order valence-corrected chi connectivity index (χ3v) is 4.22. The highest BCUT2D eigenvalue weighted by atomic mass is 19.1. The van der Waals surface area contributed by atoms with Crippen LogP contribution >= 0.6 is 0 Å². The van der Waals surface area contributed by atoms with Crippen molar-refractivity contribution in [1.82, 2.24) is 4.90 Å². The maximum absolute atomic E-state index is 13.3. The van der Waals surface area contributed by atoms with Crippen LogP contribution in [0.4, 0.5) is 4.39 Å². The van der Waals surface area contributed by atoms with E-state index in [9.17, 15) is 4.39 Å². The number of halogens is 1. The second-order valence-electron chi connectivity index (χ2n) is 5.35. The smallest absolute Gasteiger partial charge is 0.126 e. The molecule has 1 heterocycles. The maximum atomic E-state index is 13.3. The summed E-state index contributed by atoms with van der Waals surface area (Å²) < 4.78 is 13.3. The summed E-state index contributed by atoms with van der Waals surface area (Å²) in [5.74, 6) is 0.618. The third kappa shape index (κ3) is 1.76. The fraction of sp³-hybridized carbons (Fsp3) is 0.467. The molecule has 2 unspecified atom stereocenters. The molecule has 17 heavy (non-hydrogen) atoms. The molecule has 2 bridgehead atoms. The van der Waals surface area contributed by atoms with Crippen LogP contribution in [0.15, 0.2) is 24.3 Å². The van der Waals surface area contributed by atoms with Crippen LogP contribution in [-0.2, 0) is 0 Å². The largest absolute Gasteiger partial charge is 0.371 e. The van der Waals surface area contributed by atoms with Gasteiger partial charge in [0.25, 0.3) is 0 Å². The molecule has 1 aromatic rings. The number of fused-ring (bicyclic) bond motifs is 2. The Labute approximate surface area is 102 Å². The Balaban J connectivity index is 2.00. The fourth-order valence-electron chi connectivity index (χ4n) is 3.14. The van der Waals surface area contributed by atoms with E-state index in [1.54, 1.807) is 6.07 Å². The van der Waals surface area contributed by atoms with Gasteiger partial charge in [-0.1, -0.05) is 6.08 Å². The first-order valence-electron chi connectivity index (χ1n) is 6.36. The zero-order valence-electron chi connectivity index (χ0n) is 10.4. The molecule has 3 rings (SSSR count). The van der Waals surface area contributed by atoms with Gasteiger partial charge < -0.3 is 4.90 Å². The molecule has 0 amide bonds. The number of rotatable bonds is 1. The van der Waals surface area contributed by atoms with Crippen LogP contribution in [0, 0.1) is 18.7 Å². The Kier molecular flexibility index (Phi) is 2.46. The molecule has 1 saturated carbocycles. The number of benzene rings is 1. The van der Waals surface area contributed by atoms with Gasteiger partial charge in [-0.15, -0.1) is 0 Å². The van der Waals surface area contributed by atoms with Crippen LogP contribution in [0.1, 0.15) is 30.4 Å². The summed E-state index contributed by atoms with van der Waals surface area (Å²) in [4.78, 5) is 2.37. The lowest BCUT2D eigenvalue weighted by molar-refractivity contribution is 0.335. The molecule has 1 aliphatic heterocycles. The van der Waals surface area contributed by atoms with Crippen LogP contribution in [0.3, 0.4) is 0 Å². The van der Waals surface area contributed by atoms with Gasteiger partial charge in [-0.3, -0.25) is 0 Å². The van der Waals surface area contributed by atoms with Gasteiger partial charge in [0, 0.05) is 18.8 Å². The van der Waals surface area contributed by atoms with E-state index < -0.39 is 0 Å². The summed E-state index contributed by atoms with van der Waals surface area (Å²) in [6.07, 6.45) is 6.26. The van der Waals surface area contributed by atoms with Gasteiger partial charge in [0.1, 0.15) is 5.82 Å². The standard InChI is InChI=1S/C15H18FN/c1-10-7-12(4-6-14(10)16)15-9-11-3-5-13(8-11)17(15)2/h4,6-7,9,11,13H,3,5,8H2,1-2H3. The van der Waals surface area contributed by atoms with E-state index in [0.29, 0.717) is 6.04 Å². The van der Waals surface area contributed by atoms with Crippen molar-refractivity contribution in [2.75, 3.05) is 7.05 Å². The Hall–Kier alpha value is -1.31. The zero-order valence-corrected chi connectivity index (χ0v) is 10.4. The van der Waals surface area contributed by atoms with Crippen molar-refractivity contribution >= 4 is 5.70 Å². The lowest BCUT2D eigenvalue weighted by atomic mass is 9.97. The van der Waals surface area contributed by atoms with Crippen LogP contribution in [0.25, 0.3) is 5.70 Å². The van der Waals surface area contributed by atoms with Gasteiger partial charge >= 0.3 is 0 Å². The van der Waals surface area contributed by atoms with Crippen LogP contribution < -0.4 is 0 Å². The van der Waals surface area contributed by atoms with E-state index in [4.69, 9.17) is 0 Å². The fourth-order valence-corrected chi connectivity index (χ4v) is 3.14. The molecule has 0 N–H and O–H groups in total. The topological polar surface area (TPSA) is 3.24 Å². The molecular weight excluding hydrogens is 213 g/mol. The summed E-state index contributed by atoms with van der Waals surface area (Å²) in [5.41, 5.74) is 3.17. The summed E-state index contributed by atoms with van der Waals surface area (Å²) in [7, 11) is 2.16. The van der Waals surface area contributed by atoms with Crippen molar-refractivity contribution in [3.8, 4) is 0 Å². The molecule has 0 aromatic heterocycles. The predicted octanol–water partition coefficient (Wildman–Crippen LogP) is 3.59. The van der Waals surface area contributed by atoms with Crippen LogP contribution in [0.5, 0.6) is 0 Å². The molecule has 90 valence electrons. The summed E-state index contributed by atoms with van der Waals surface area (Å²) >= 11 is 0. The van der Waals surface area contributed by atoms with Gasteiger partial charge in [-0.25, -0.2) is 4.39 Å². The molecule has 0 saturated heterocycles. The van der Waals surface area contributed by atoms with Crippen molar-refractivity contribution in [2.24, 2.45) is 5.92 Å². The van der Waals surface area contributed by atoms with Gasteiger partial charge in [-0.2, -0.15) is 0 Å². The zero-order chi connectivity index (χ0) is 12.0. The molecule has 2 heteroatoms. The number of aryl methyl sites for hydroxylation is 1. The van der Waals surface area contributed by atoms with Crippen molar-refractivity contribution < 1.29 is 4.39 Å². The second-order valence-corrected chi connectivity index (χ2v) is 5.35. The van der Waals surface area contributed by atoms with E-state index in [1.807, 2.05) is 19.1 Å². The quantitative estimate of drug-likeness (QED) is 0.714. The summed E-state index contributed by atoms with van der Waals surface area (Å²) in [5, 5.41) is 0. The minimum absolute atomic E-state index is 0.115. The van der Waals surface area contributed by atoms with Crippen molar-refractivity contribution in [3.05, 3.63) is 41.2 Å². The molecule has 2 aliphatic rings. The van der Waals surface area contributed by atoms with Gasteiger partial charge in [-0.05, 0) is 61.4 Å². The third-order valence-electron chi connectivity index (χ3n) is 4.22. The van der Waals surface area contributed by atoms with Gasteiger partial charge in [0.15, 0.2) is 0 Å². The van der Waals surface area contributed by atoms with Gasteiger partial charge in [0.2, 0.25) is 0 Å². The average Bonchev–Trinajstić information content (AvgIpc) is 2.72. The highest BCUT2D eigenvalue weighted by molar-refractivity contribution is 5.66. The normalized spacial score (nSPS) is 27.2. The number of hydrogen-bond acceptors (Lipinski definition) is 1. The lowest BCUT2D eigenvalue weighted by Crippen LogP contribution is -2.30. The van der Waals surface area contributed by atoms with Gasteiger partial charge in [0.05, 0.1) is 0 Å². The lowest BCUT2D eigenvalue weighted by Gasteiger charge is -2.33. The monoisotopic (exact) mass is 231 g/mol. The molecule has 0 spiro atoms. The minimum atomic E-state index is -0.115. The van der Waals surface area contributed by atoms with E-state index in [-0.39, 0.29) is 5.82 Å². The number of nitrogens with zero attached hydrogens (tertiary/aromatic N) is 1. The minimum Gasteiger partial charge on any atom is -0.371 e. The Morgan fingerprint density at radius 2 is 2.12 bits per heavy atom. The Morgan fingerprint density at radius 1 is 1.29 bits per heavy atom. The van der Waals surface area contributed by atoms with Crippen molar-refractivity contribution in [3.63, 3.8) is 0 Å². The van der Waals surface area contributed by atoms with Crippen LogP contribution in [-0.4, -0.2) is 18.0 Å². The van der Waals surface area contributed by atoms with E-state index in [2.05, 4.69) is 18.0 Å². The maximum Gasteiger partial charge on any atom is 0.126 e. The highest BCUT2D eigenvalue weighted by Crippen LogP contribution is 2.40. The molecule has 1 nitrogen and oxygen atoms in total. The highest BCUT2D eigenvalue weighted by Gasteiger charge is 2.32. The summed E-state index contributed by atoms with van der Waals surface area (Å²) in [6, 6.07) is 6.12. The SMILES string of the molecule is Cc1cc(C2=CC3CCC(C3)N2C)ccc1F. The number of hydrogen-bond donors (Lipinski definition) is 0. The van der Waals surface area contributed by atoms with Crippen molar-refractivity contribution in [1.29, 1.82) is 0 Å². The molecule has 1 aromatic carbocycles. The van der Waals surface area contributed by atoms with Crippen molar-refractivity contribution in [2.45, 2.75) is 32.2 Å². The summed E-state index contributed by atoms with van der Waals surface area (Å²) in [6.45, 7) is 1.83. The molecular formula is C15H18FN. The van der Waals surface area contributed by atoms with Crippen LogP contribution in [0.2, 0.25) is 0 Å². The molecule has 1 fully saturated rings. The first kappa shape index (κ1) is 10.8. The predicted molar refractivity (Wildman–Crippen MR) is 68.0 cm³/mol. The Bertz CT molecular complexity index is 478. The number of allylic oxidation sites excluding steroid dienone is 1. The molecule has 2 atom stereocenters. The van der Waals surface area contributed by atoms with E-state index in [0.717, 1.165) is 17.0 Å². The molecule has 0 radical (unpaired) electrons.